The summed E-state index contributed by atoms with van der Waals surface area (Å²) >= 11 is 5.26. The first-order chi connectivity index (χ1) is 9.75. The number of rotatable bonds is 3. The van der Waals surface area contributed by atoms with Crippen LogP contribution in [-0.4, -0.2) is 36.2 Å². The fraction of sp³-hybridized carbons (Fsp3) is 0.333. The van der Waals surface area contributed by atoms with Gasteiger partial charge in [-0.1, -0.05) is 22.0 Å². The fourth-order valence-electron chi connectivity index (χ4n) is 2.66. The number of benzene rings is 1. The summed E-state index contributed by atoms with van der Waals surface area (Å²) in [6.45, 7) is 3.98. The zero-order valence-electron chi connectivity index (χ0n) is 11.9. The quantitative estimate of drug-likeness (QED) is 0.778. The Hall–Kier alpha value is -0.300. The molecule has 0 unspecified atom stereocenters. The second-order valence-corrected chi connectivity index (χ2v) is 6.80. The highest BCUT2D eigenvalue weighted by Gasteiger charge is 2.26. The predicted molar refractivity (Wildman–Crippen MR) is 101 cm³/mol. The van der Waals surface area contributed by atoms with E-state index in [4.69, 9.17) is 0 Å². The second-order valence-electron chi connectivity index (χ2n) is 4.91. The maximum absolute atomic E-state index is 10.3. The summed E-state index contributed by atoms with van der Waals surface area (Å²) in [4.78, 5) is 3.71. The number of hydrogen-bond donors (Lipinski definition) is 2. The molecule has 2 heterocycles. The third-order valence-electron chi connectivity index (χ3n) is 3.61. The fourth-order valence-corrected chi connectivity index (χ4v) is 3.92. The van der Waals surface area contributed by atoms with Crippen LogP contribution in [0.3, 0.4) is 0 Å². The van der Waals surface area contributed by atoms with E-state index in [2.05, 4.69) is 43.7 Å². The number of phenolic OH excluding ortho intramolecular Hbond substituents is 1. The van der Waals surface area contributed by atoms with Crippen LogP contribution in [-0.2, 0) is 0 Å². The molecule has 1 aliphatic heterocycles. The van der Waals surface area contributed by atoms with Gasteiger partial charge in [0.05, 0.1) is 6.04 Å². The maximum atomic E-state index is 10.3. The Kier molecular flexibility index (Phi) is 8.17. The van der Waals surface area contributed by atoms with Crippen LogP contribution in [0.15, 0.2) is 40.2 Å². The Morgan fingerprint density at radius 3 is 2.55 bits per heavy atom. The van der Waals surface area contributed by atoms with Gasteiger partial charge in [0.2, 0.25) is 0 Å². The highest BCUT2D eigenvalue weighted by atomic mass is 79.9. The van der Waals surface area contributed by atoms with Crippen LogP contribution in [0.25, 0.3) is 0 Å². The molecule has 0 saturated carbocycles. The van der Waals surface area contributed by atoms with Gasteiger partial charge in [-0.05, 0) is 29.6 Å². The van der Waals surface area contributed by atoms with Gasteiger partial charge in [-0.2, -0.15) is 0 Å². The minimum Gasteiger partial charge on any atom is -0.508 e. The van der Waals surface area contributed by atoms with Crippen molar-refractivity contribution in [1.29, 1.82) is 0 Å². The van der Waals surface area contributed by atoms with Crippen molar-refractivity contribution in [1.82, 2.24) is 10.2 Å². The number of halogens is 3. The van der Waals surface area contributed by atoms with Crippen LogP contribution < -0.4 is 5.32 Å². The molecule has 0 bridgehead atoms. The van der Waals surface area contributed by atoms with E-state index in [1.807, 2.05) is 12.1 Å². The van der Waals surface area contributed by atoms with Crippen molar-refractivity contribution >= 4 is 52.1 Å². The van der Waals surface area contributed by atoms with Crippen molar-refractivity contribution in [3.05, 3.63) is 50.6 Å². The number of nitrogens with one attached hydrogen (secondary N) is 1. The van der Waals surface area contributed by atoms with E-state index >= 15 is 0 Å². The van der Waals surface area contributed by atoms with E-state index in [1.165, 1.54) is 4.88 Å². The van der Waals surface area contributed by atoms with Gasteiger partial charge in [-0.15, -0.1) is 36.2 Å². The van der Waals surface area contributed by atoms with Gasteiger partial charge < -0.3 is 10.4 Å². The average molecular weight is 426 g/mol. The number of piperazine rings is 1. The molecule has 0 spiro atoms. The molecule has 1 aliphatic rings. The van der Waals surface area contributed by atoms with Crippen molar-refractivity contribution < 1.29 is 5.11 Å². The molecule has 1 atom stereocenters. The second kappa shape index (κ2) is 9.11. The van der Waals surface area contributed by atoms with Crippen LogP contribution in [0.1, 0.15) is 16.5 Å². The lowest BCUT2D eigenvalue weighted by molar-refractivity contribution is 0.198. The lowest BCUT2D eigenvalue weighted by Gasteiger charge is -2.35. The number of thiophene rings is 1. The summed E-state index contributed by atoms with van der Waals surface area (Å²) in [6.07, 6.45) is 0. The van der Waals surface area contributed by atoms with E-state index in [0.717, 1.165) is 36.2 Å². The van der Waals surface area contributed by atoms with E-state index in [0.29, 0.717) is 5.75 Å². The summed E-state index contributed by atoms with van der Waals surface area (Å²) in [6, 6.07) is 10.0. The van der Waals surface area contributed by atoms with Gasteiger partial charge in [0.15, 0.2) is 0 Å². The van der Waals surface area contributed by atoms with Crippen molar-refractivity contribution in [3.8, 4) is 5.75 Å². The average Bonchev–Trinajstić information content (AvgIpc) is 2.98. The third kappa shape index (κ3) is 4.37. The van der Waals surface area contributed by atoms with Crippen molar-refractivity contribution in [2.75, 3.05) is 26.2 Å². The molecular formula is C15H19BrCl2N2OS. The highest BCUT2D eigenvalue weighted by Crippen LogP contribution is 2.37. The summed E-state index contributed by atoms with van der Waals surface area (Å²) in [5, 5.41) is 15.8. The Morgan fingerprint density at radius 1 is 1.18 bits per heavy atom. The van der Waals surface area contributed by atoms with Crippen LogP contribution in [0, 0.1) is 0 Å². The smallest absolute Gasteiger partial charge is 0.120 e. The SMILES string of the molecule is Cl.Cl.Oc1ccc(Br)cc1[C@@H](c1cccs1)N1CCNCC1. The van der Waals surface area contributed by atoms with Gasteiger partial charge >= 0.3 is 0 Å². The molecule has 1 aromatic carbocycles. The van der Waals surface area contributed by atoms with E-state index in [-0.39, 0.29) is 30.9 Å². The molecule has 3 rings (SSSR count). The van der Waals surface area contributed by atoms with E-state index in [1.54, 1.807) is 17.4 Å². The molecule has 3 nitrogen and oxygen atoms in total. The zero-order chi connectivity index (χ0) is 13.9. The normalized spacial score (nSPS) is 16.4. The van der Waals surface area contributed by atoms with Crippen molar-refractivity contribution in [3.63, 3.8) is 0 Å². The molecule has 1 saturated heterocycles. The number of aromatic hydroxyl groups is 1. The van der Waals surface area contributed by atoms with Crippen LogP contribution >= 0.6 is 52.1 Å². The molecular weight excluding hydrogens is 407 g/mol. The molecule has 1 fully saturated rings. The summed E-state index contributed by atoms with van der Waals surface area (Å²) in [5.41, 5.74) is 0.976. The first kappa shape index (κ1) is 19.7. The first-order valence-electron chi connectivity index (χ1n) is 6.72. The minimum atomic E-state index is 0. The molecule has 7 heteroatoms. The molecule has 1 aromatic heterocycles. The topological polar surface area (TPSA) is 35.5 Å². The first-order valence-corrected chi connectivity index (χ1v) is 8.39. The van der Waals surface area contributed by atoms with Crippen LogP contribution in [0.5, 0.6) is 5.75 Å². The number of nitrogens with zero attached hydrogens (tertiary/aromatic N) is 1. The third-order valence-corrected chi connectivity index (χ3v) is 5.03. The van der Waals surface area contributed by atoms with Gasteiger partial charge in [0.1, 0.15) is 5.75 Å². The highest BCUT2D eigenvalue weighted by molar-refractivity contribution is 9.10. The predicted octanol–water partition coefficient (Wildman–Crippen LogP) is 4.05. The molecule has 122 valence electrons. The molecule has 2 N–H and O–H groups in total. The summed E-state index contributed by atoms with van der Waals surface area (Å²) < 4.78 is 1.00. The van der Waals surface area contributed by atoms with Crippen LogP contribution in [0.2, 0.25) is 0 Å². The summed E-state index contributed by atoms with van der Waals surface area (Å²) in [5.74, 6) is 0.366. The van der Waals surface area contributed by atoms with Gasteiger partial charge in [0, 0.05) is 41.1 Å². The lowest BCUT2D eigenvalue weighted by Crippen LogP contribution is -2.45. The Morgan fingerprint density at radius 2 is 1.91 bits per heavy atom. The molecule has 0 aliphatic carbocycles. The van der Waals surface area contributed by atoms with E-state index < -0.39 is 0 Å². The van der Waals surface area contributed by atoms with Crippen LogP contribution in [0.4, 0.5) is 0 Å². The van der Waals surface area contributed by atoms with Gasteiger partial charge in [-0.25, -0.2) is 0 Å². The maximum Gasteiger partial charge on any atom is 0.120 e. The van der Waals surface area contributed by atoms with Gasteiger partial charge in [-0.3, -0.25) is 4.90 Å². The lowest BCUT2D eigenvalue weighted by atomic mass is 10.0. The molecule has 0 amide bonds. The number of hydrogen-bond acceptors (Lipinski definition) is 4. The standard InChI is InChI=1S/C15H17BrN2OS.2ClH/c16-11-3-4-13(19)12(10-11)15(14-2-1-9-20-14)18-7-5-17-6-8-18;;/h1-4,9-10,15,17,19H,5-8H2;2*1H/t15-;;/m0../s1. The van der Waals surface area contributed by atoms with Gasteiger partial charge in [0.25, 0.3) is 0 Å². The summed E-state index contributed by atoms with van der Waals surface area (Å²) in [7, 11) is 0. The van der Waals surface area contributed by atoms with Crippen molar-refractivity contribution in [2.24, 2.45) is 0 Å². The molecule has 2 aromatic rings. The molecule has 0 radical (unpaired) electrons. The molecule has 22 heavy (non-hydrogen) atoms. The Labute approximate surface area is 155 Å². The monoisotopic (exact) mass is 424 g/mol. The zero-order valence-corrected chi connectivity index (χ0v) is 15.9. The largest absolute Gasteiger partial charge is 0.508 e. The Bertz CT molecular complexity index is 577. The Balaban J connectivity index is 0.00000121. The van der Waals surface area contributed by atoms with Crippen molar-refractivity contribution in [2.45, 2.75) is 6.04 Å². The minimum absolute atomic E-state index is 0. The number of phenols is 1. The van der Waals surface area contributed by atoms with E-state index in [9.17, 15) is 5.11 Å².